The summed E-state index contributed by atoms with van der Waals surface area (Å²) < 4.78 is 7.34. The van der Waals surface area contributed by atoms with Crippen molar-refractivity contribution in [1.82, 2.24) is 9.78 Å². The van der Waals surface area contributed by atoms with Gasteiger partial charge in [0.15, 0.2) is 5.75 Å². The standard InChI is InChI=1S/C15H11ClN2O2/c16-11-1-7-14(8-2-11)20-15-9-17-18(10-15)12-3-5-13(19)6-4-12/h1-10,19H. The predicted molar refractivity (Wildman–Crippen MR) is 76.8 cm³/mol. The molecule has 2 aromatic carbocycles. The Hall–Kier alpha value is -2.46. The van der Waals surface area contributed by atoms with E-state index in [1.165, 1.54) is 0 Å². The molecule has 0 radical (unpaired) electrons. The van der Waals surface area contributed by atoms with Gasteiger partial charge in [-0.1, -0.05) is 11.6 Å². The van der Waals surface area contributed by atoms with Gasteiger partial charge in [-0.25, -0.2) is 4.68 Å². The minimum absolute atomic E-state index is 0.221. The second kappa shape index (κ2) is 5.27. The first-order valence-electron chi connectivity index (χ1n) is 5.98. The molecule has 0 aliphatic carbocycles. The molecule has 0 saturated carbocycles. The second-order valence-corrected chi connectivity index (χ2v) is 4.63. The number of halogens is 1. The quantitative estimate of drug-likeness (QED) is 0.791. The van der Waals surface area contributed by atoms with Gasteiger partial charge in [-0.3, -0.25) is 0 Å². The zero-order valence-electron chi connectivity index (χ0n) is 10.4. The van der Waals surface area contributed by atoms with Crippen LogP contribution in [0.5, 0.6) is 17.2 Å². The molecule has 0 bridgehead atoms. The van der Waals surface area contributed by atoms with Crippen molar-refractivity contribution in [1.29, 1.82) is 0 Å². The van der Waals surface area contributed by atoms with Crippen molar-refractivity contribution in [2.75, 3.05) is 0 Å². The van der Waals surface area contributed by atoms with Gasteiger partial charge in [0.05, 0.1) is 18.1 Å². The first kappa shape index (κ1) is 12.6. The zero-order chi connectivity index (χ0) is 13.9. The Bertz CT molecular complexity index is 705. The van der Waals surface area contributed by atoms with Crippen LogP contribution in [0.25, 0.3) is 5.69 Å². The fraction of sp³-hybridized carbons (Fsp3) is 0. The third-order valence-corrected chi connectivity index (χ3v) is 2.97. The van der Waals surface area contributed by atoms with E-state index in [0.717, 1.165) is 5.69 Å². The predicted octanol–water partition coefficient (Wildman–Crippen LogP) is 4.02. The number of ether oxygens (including phenoxy) is 1. The number of nitrogens with zero attached hydrogens (tertiary/aromatic N) is 2. The Labute approximate surface area is 120 Å². The first-order chi connectivity index (χ1) is 9.70. The molecule has 20 heavy (non-hydrogen) atoms. The average Bonchev–Trinajstić information content (AvgIpc) is 2.91. The van der Waals surface area contributed by atoms with Crippen LogP contribution in [-0.2, 0) is 0 Å². The molecule has 1 heterocycles. The molecule has 1 N–H and O–H groups in total. The summed E-state index contributed by atoms with van der Waals surface area (Å²) in [5, 5.41) is 14.1. The first-order valence-corrected chi connectivity index (χ1v) is 6.36. The van der Waals surface area contributed by atoms with Crippen molar-refractivity contribution in [3.05, 3.63) is 65.9 Å². The van der Waals surface area contributed by atoms with Gasteiger partial charge in [-0.15, -0.1) is 0 Å². The van der Waals surface area contributed by atoms with E-state index < -0.39 is 0 Å². The van der Waals surface area contributed by atoms with E-state index in [0.29, 0.717) is 16.5 Å². The SMILES string of the molecule is Oc1ccc(-n2cc(Oc3ccc(Cl)cc3)cn2)cc1. The fourth-order valence-corrected chi connectivity index (χ4v) is 1.87. The topological polar surface area (TPSA) is 47.3 Å². The van der Waals surface area contributed by atoms with E-state index in [4.69, 9.17) is 16.3 Å². The zero-order valence-corrected chi connectivity index (χ0v) is 11.2. The Kier molecular flexibility index (Phi) is 3.31. The molecule has 4 nitrogen and oxygen atoms in total. The Morgan fingerprint density at radius 1 is 0.950 bits per heavy atom. The van der Waals surface area contributed by atoms with Gasteiger partial charge in [0.2, 0.25) is 0 Å². The summed E-state index contributed by atoms with van der Waals surface area (Å²) in [4.78, 5) is 0. The van der Waals surface area contributed by atoms with Crippen LogP contribution in [0.15, 0.2) is 60.9 Å². The maximum Gasteiger partial charge on any atom is 0.165 e. The summed E-state index contributed by atoms with van der Waals surface area (Å²) in [6, 6.07) is 13.9. The highest BCUT2D eigenvalue weighted by Gasteiger charge is 2.03. The number of phenolic OH excluding ortho intramolecular Hbond substituents is 1. The number of rotatable bonds is 3. The molecule has 1 aromatic heterocycles. The van der Waals surface area contributed by atoms with Crippen LogP contribution in [0.2, 0.25) is 5.02 Å². The molecule has 3 rings (SSSR count). The van der Waals surface area contributed by atoms with Crippen LogP contribution in [0.1, 0.15) is 0 Å². The van der Waals surface area contributed by atoms with Crippen LogP contribution in [0.3, 0.4) is 0 Å². The van der Waals surface area contributed by atoms with Gasteiger partial charge in [0, 0.05) is 5.02 Å². The van der Waals surface area contributed by atoms with Crippen LogP contribution < -0.4 is 4.74 Å². The highest BCUT2D eigenvalue weighted by atomic mass is 35.5. The van der Waals surface area contributed by atoms with Gasteiger partial charge in [-0.05, 0) is 48.5 Å². The van der Waals surface area contributed by atoms with Crippen LogP contribution in [0.4, 0.5) is 0 Å². The van der Waals surface area contributed by atoms with Gasteiger partial charge < -0.3 is 9.84 Å². The van der Waals surface area contributed by atoms with Gasteiger partial charge in [0.25, 0.3) is 0 Å². The molecule has 0 aliphatic rings. The van der Waals surface area contributed by atoms with E-state index in [2.05, 4.69) is 5.10 Å². The molecular weight excluding hydrogens is 276 g/mol. The van der Waals surface area contributed by atoms with Crippen molar-refractivity contribution in [2.45, 2.75) is 0 Å². The van der Waals surface area contributed by atoms with Gasteiger partial charge in [0.1, 0.15) is 11.5 Å². The molecule has 0 unspecified atom stereocenters. The molecule has 0 amide bonds. The molecule has 0 atom stereocenters. The third kappa shape index (κ3) is 2.75. The third-order valence-electron chi connectivity index (χ3n) is 2.72. The van der Waals surface area contributed by atoms with Gasteiger partial charge in [-0.2, -0.15) is 5.10 Å². The molecule has 0 fully saturated rings. The van der Waals surface area contributed by atoms with Crippen LogP contribution in [-0.4, -0.2) is 14.9 Å². The summed E-state index contributed by atoms with van der Waals surface area (Å²) >= 11 is 5.82. The number of benzene rings is 2. The largest absolute Gasteiger partial charge is 0.508 e. The summed E-state index contributed by atoms with van der Waals surface area (Å²) in [6.07, 6.45) is 3.39. The van der Waals surface area contributed by atoms with E-state index in [9.17, 15) is 5.11 Å². The summed E-state index contributed by atoms with van der Waals surface area (Å²) in [5.41, 5.74) is 0.841. The van der Waals surface area contributed by atoms with Crippen molar-refractivity contribution in [3.8, 4) is 22.9 Å². The van der Waals surface area contributed by atoms with Crippen LogP contribution in [0, 0.1) is 0 Å². The molecule has 5 heteroatoms. The molecular formula is C15H11ClN2O2. The van der Waals surface area contributed by atoms with Crippen LogP contribution >= 0.6 is 11.6 Å². The van der Waals surface area contributed by atoms with Crippen molar-refractivity contribution < 1.29 is 9.84 Å². The average molecular weight is 287 g/mol. The van der Waals surface area contributed by atoms with E-state index in [-0.39, 0.29) is 5.75 Å². The minimum Gasteiger partial charge on any atom is -0.508 e. The molecule has 100 valence electrons. The molecule has 3 aromatic rings. The van der Waals surface area contributed by atoms with Gasteiger partial charge >= 0.3 is 0 Å². The summed E-state index contributed by atoms with van der Waals surface area (Å²) in [5.74, 6) is 1.54. The number of aromatic nitrogens is 2. The van der Waals surface area contributed by atoms with Crippen molar-refractivity contribution in [3.63, 3.8) is 0 Å². The maximum absolute atomic E-state index is 9.26. The highest BCUT2D eigenvalue weighted by molar-refractivity contribution is 6.30. The second-order valence-electron chi connectivity index (χ2n) is 4.19. The number of aromatic hydroxyl groups is 1. The monoisotopic (exact) mass is 286 g/mol. The normalized spacial score (nSPS) is 10.4. The highest BCUT2D eigenvalue weighted by Crippen LogP contribution is 2.23. The maximum atomic E-state index is 9.26. The number of hydrogen-bond acceptors (Lipinski definition) is 3. The lowest BCUT2D eigenvalue weighted by molar-refractivity contribution is 0.475. The summed E-state index contributed by atoms with van der Waals surface area (Å²) in [6.45, 7) is 0. The Morgan fingerprint density at radius 3 is 2.35 bits per heavy atom. The number of phenols is 1. The van der Waals surface area contributed by atoms with E-state index in [1.807, 2.05) is 0 Å². The fourth-order valence-electron chi connectivity index (χ4n) is 1.74. The minimum atomic E-state index is 0.221. The Balaban J connectivity index is 1.80. The lowest BCUT2D eigenvalue weighted by Gasteiger charge is -2.02. The molecule has 0 aliphatic heterocycles. The number of hydrogen-bond donors (Lipinski definition) is 1. The van der Waals surface area contributed by atoms with E-state index in [1.54, 1.807) is 65.6 Å². The lowest BCUT2D eigenvalue weighted by Crippen LogP contribution is -1.92. The van der Waals surface area contributed by atoms with Crippen molar-refractivity contribution >= 4 is 11.6 Å². The smallest absolute Gasteiger partial charge is 0.165 e. The summed E-state index contributed by atoms with van der Waals surface area (Å²) in [7, 11) is 0. The van der Waals surface area contributed by atoms with E-state index >= 15 is 0 Å². The molecule has 0 saturated heterocycles. The Morgan fingerprint density at radius 2 is 1.65 bits per heavy atom. The molecule has 0 spiro atoms. The lowest BCUT2D eigenvalue weighted by atomic mass is 10.3. The van der Waals surface area contributed by atoms with Crippen molar-refractivity contribution in [2.24, 2.45) is 0 Å².